The number of esters is 1. The molecule has 0 bridgehead atoms. The van der Waals surface area contributed by atoms with Crippen molar-refractivity contribution >= 4 is 29.8 Å². The molecule has 0 aromatic carbocycles. The molecule has 4 nitrogen and oxygen atoms in total. The Hall–Kier alpha value is -0.810. The molecule has 1 rings (SSSR count). The Kier molecular flexibility index (Phi) is 2.54. The third-order valence-corrected chi connectivity index (χ3v) is 2.14. The van der Waals surface area contributed by atoms with Crippen LogP contribution in [0.1, 0.15) is 10.4 Å². The van der Waals surface area contributed by atoms with Gasteiger partial charge in [-0.25, -0.2) is 4.79 Å². The number of hydrogen-bond donors (Lipinski definition) is 1. The van der Waals surface area contributed by atoms with Gasteiger partial charge in [0.2, 0.25) is 0 Å². The smallest absolute Gasteiger partial charge is 0.344 e. The number of rotatable bonds is 1. The molecular weight excluding hydrogens is 200 g/mol. The van der Waals surface area contributed by atoms with Crippen LogP contribution < -0.4 is 0 Å². The van der Waals surface area contributed by atoms with Crippen molar-refractivity contribution in [2.45, 2.75) is 0 Å². The minimum absolute atomic E-state index is 0.203. The van der Waals surface area contributed by atoms with Crippen molar-refractivity contribution in [3.63, 3.8) is 0 Å². The van der Waals surface area contributed by atoms with E-state index in [2.05, 4.69) is 9.84 Å². The van der Waals surface area contributed by atoms with E-state index in [1.54, 1.807) is 7.05 Å². The van der Waals surface area contributed by atoms with Crippen molar-refractivity contribution in [1.29, 1.82) is 0 Å². The second-order valence-corrected chi connectivity index (χ2v) is 2.92. The molecule has 0 radical (unpaired) electrons. The van der Waals surface area contributed by atoms with Gasteiger partial charge in [-0.15, -0.1) is 0 Å². The monoisotopic (exact) mass is 206 g/mol. The van der Waals surface area contributed by atoms with Crippen molar-refractivity contribution < 1.29 is 9.53 Å². The molecule has 0 saturated carbocycles. The van der Waals surface area contributed by atoms with E-state index in [1.807, 2.05) is 0 Å². The third-order valence-electron chi connectivity index (χ3n) is 1.39. The molecule has 0 atom stereocenters. The van der Waals surface area contributed by atoms with Crippen LogP contribution in [-0.2, 0) is 11.8 Å². The van der Waals surface area contributed by atoms with E-state index >= 15 is 0 Å². The number of hydrogen-bond acceptors (Lipinski definition) is 3. The Morgan fingerprint density at radius 3 is 2.67 bits per heavy atom. The number of aromatic amines is 1. The van der Waals surface area contributed by atoms with E-state index in [0.29, 0.717) is 4.64 Å². The first-order chi connectivity index (χ1) is 5.57. The molecule has 12 heavy (non-hydrogen) atoms. The summed E-state index contributed by atoms with van der Waals surface area (Å²) in [4.78, 5) is 11.1. The standard InChI is InChI=1S/C6H7ClN2O2S/c1-9-5(12)3(4(7)8-9)6(10)11-2/h8H,1-2H3. The number of carbonyl (C=O) groups is 1. The lowest BCUT2D eigenvalue weighted by Crippen LogP contribution is -2.01. The molecule has 1 aromatic heterocycles. The summed E-state index contributed by atoms with van der Waals surface area (Å²) in [7, 11) is 2.95. The Labute approximate surface area is 79.1 Å². The van der Waals surface area contributed by atoms with Crippen molar-refractivity contribution in [1.82, 2.24) is 9.78 Å². The molecule has 6 heteroatoms. The van der Waals surface area contributed by atoms with Crippen LogP contribution >= 0.6 is 23.8 Å². The predicted octanol–water partition coefficient (Wildman–Crippen LogP) is 1.52. The number of aryl methyl sites for hydroxylation is 1. The van der Waals surface area contributed by atoms with Crippen molar-refractivity contribution in [3.8, 4) is 0 Å². The summed E-state index contributed by atoms with van der Waals surface area (Å²) >= 11 is 10.6. The zero-order chi connectivity index (χ0) is 9.30. The van der Waals surface area contributed by atoms with E-state index in [9.17, 15) is 4.79 Å². The second kappa shape index (κ2) is 3.28. The van der Waals surface area contributed by atoms with E-state index in [4.69, 9.17) is 23.8 Å². The van der Waals surface area contributed by atoms with Gasteiger partial charge in [0.05, 0.1) is 7.11 Å². The Bertz CT molecular complexity index is 368. The van der Waals surface area contributed by atoms with Gasteiger partial charge in [0.25, 0.3) is 0 Å². The van der Waals surface area contributed by atoms with Gasteiger partial charge in [0.15, 0.2) is 0 Å². The molecule has 0 spiro atoms. The molecule has 1 aromatic rings. The molecule has 0 aliphatic rings. The molecule has 1 heterocycles. The maximum absolute atomic E-state index is 11.1. The van der Waals surface area contributed by atoms with Crippen LogP contribution in [-0.4, -0.2) is 22.9 Å². The number of nitrogens with one attached hydrogen (secondary N) is 1. The van der Waals surface area contributed by atoms with Crippen LogP contribution in [0.2, 0.25) is 5.15 Å². The minimum atomic E-state index is -0.526. The quantitative estimate of drug-likeness (QED) is 0.560. The first kappa shape index (κ1) is 9.28. The van der Waals surface area contributed by atoms with Gasteiger partial charge in [0.1, 0.15) is 15.4 Å². The van der Waals surface area contributed by atoms with Gasteiger partial charge in [-0.3, -0.25) is 9.78 Å². The Morgan fingerprint density at radius 1 is 1.75 bits per heavy atom. The van der Waals surface area contributed by atoms with Crippen LogP contribution in [0.3, 0.4) is 0 Å². The average Bonchev–Trinajstić information content (AvgIpc) is 2.26. The van der Waals surface area contributed by atoms with Crippen LogP contribution in [0, 0.1) is 4.64 Å². The van der Waals surface area contributed by atoms with Crippen LogP contribution in [0.15, 0.2) is 0 Å². The number of H-pyrrole nitrogens is 1. The molecule has 0 unspecified atom stereocenters. The second-order valence-electron chi connectivity index (χ2n) is 2.16. The van der Waals surface area contributed by atoms with E-state index in [1.165, 1.54) is 11.8 Å². The lowest BCUT2D eigenvalue weighted by atomic mass is 10.4. The highest BCUT2D eigenvalue weighted by molar-refractivity contribution is 7.71. The first-order valence-corrected chi connectivity index (χ1v) is 3.89. The fourth-order valence-electron chi connectivity index (χ4n) is 0.794. The van der Waals surface area contributed by atoms with E-state index < -0.39 is 5.97 Å². The van der Waals surface area contributed by atoms with Crippen molar-refractivity contribution in [2.24, 2.45) is 7.05 Å². The maximum atomic E-state index is 11.1. The number of halogens is 1. The molecule has 0 aliphatic heterocycles. The number of aromatic nitrogens is 2. The summed E-state index contributed by atoms with van der Waals surface area (Å²) in [5.74, 6) is -0.526. The van der Waals surface area contributed by atoms with Gasteiger partial charge in [-0.1, -0.05) is 23.8 Å². The molecule has 66 valence electrons. The molecule has 1 N–H and O–H groups in total. The van der Waals surface area contributed by atoms with Crippen LogP contribution in [0.4, 0.5) is 0 Å². The Morgan fingerprint density at radius 2 is 2.33 bits per heavy atom. The number of ether oxygens (including phenoxy) is 1. The zero-order valence-electron chi connectivity index (χ0n) is 6.55. The summed E-state index contributed by atoms with van der Waals surface area (Å²) in [6.07, 6.45) is 0. The van der Waals surface area contributed by atoms with Crippen molar-refractivity contribution in [3.05, 3.63) is 15.4 Å². The van der Waals surface area contributed by atoms with Crippen LogP contribution in [0.5, 0.6) is 0 Å². The van der Waals surface area contributed by atoms with E-state index in [0.717, 1.165) is 0 Å². The summed E-state index contributed by atoms with van der Waals surface area (Å²) in [5.41, 5.74) is 0.205. The highest BCUT2D eigenvalue weighted by Gasteiger charge is 2.16. The number of carbonyl (C=O) groups excluding carboxylic acids is 1. The molecular formula is C6H7ClN2O2S. The fraction of sp³-hybridized carbons (Fsp3) is 0.333. The van der Waals surface area contributed by atoms with Gasteiger partial charge in [-0.2, -0.15) is 0 Å². The van der Waals surface area contributed by atoms with Crippen LogP contribution in [0.25, 0.3) is 0 Å². The summed E-state index contributed by atoms with van der Waals surface area (Å²) in [5, 5.41) is 2.87. The lowest BCUT2D eigenvalue weighted by Gasteiger charge is -1.93. The highest BCUT2D eigenvalue weighted by atomic mass is 35.5. The lowest BCUT2D eigenvalue weighted by molar-refractivity contribution is 0.0600. The third kappa shape index (κ3) is 1.37. The average molecular weight is 207 g/mol. The Balaban J connectivity index is 3.32. The number of nitrogens with zero attached hydrogens (tertiary/aromatic N) is 1. The molecule has 0 amide bonds. The molecule has 0 fully saturated rings. The largest absolute Gasteiger partial charge is 0.465 e. The number of methoxy groups -OCH3 is 1. The summed E-state index contributed by atoms with van der Waals surface area (Å²) in [6, 6.07) is 0. The fourth-order valence-corrected chi connectivity index (χ4v) is 1.37. The van der Waals surface area contributed by atoms with Gasteiger partial charge < -0.3 is 4.74 Å². The summed E-state index contributed by atoms with van der Waals surface area (Å²) < 4.78 is 6.30. The molecule has 0 aliphatic carbocycles. The predicted molar refractivity (Wildman–Crippen MR) is 46.9 cm³/mol. The highest BCUT2D eigenvalue weighted by Crippen LogP contribution is 2.15. The topological polar surface area (TPSA) is 47.0 Å². The normalized spacial score (nSPS) is 9.92. The molecule has 0 saturated heterocycles. The first-order valence-electron chi connectivity index (χ1n) is 3.10. The van der Waals surface area contributed by atoms with E-state index in [-0.39, 0.29) is 10.7 Å². The van der Waals surface area contributed by atoms with Gasteiger partial charge in [-0.05, 0) is 0 Å². The van der Waals surface area contributed by atoms with Gasteiger partial charge >= 0.3 is 5.97 Å². The maximum Gasteiger partial charge on any atom is 0.344 e. The minimum Gasteiger partial charge on any atom is -0.465 e. The zero-order valence-corrected chi connectivity index (χ0v) is 8.12. The van der Waals surface area contributed by atoms with Crippen molar-refractivity contribution in [2.75, 3.05) is 7.11 Å². The SMILES string of the molecule is COC(=O)c1c(Cl)[nH]n(C)c1=S. The van der Waals surface area contributed by atoms with Gasteiger partial charge in [0, 0.05) is 7.05 Å². The summed E-state index contributed by atoms with van der Waals surface area (Å²) in [6.45, 7) is 0.